The first-order valence-corrected chi connectivity index (χ1v) is 14.5. The van der Waals surface area contributed by atoms with Crippen molar-refractivity contribution in [3.05, 3.63) is 77.7 Å². The van der Waals surface area contributed by atoms with E-state index in [0.29, 0.717) is 29.5 Å². The molecule has 0 spiro atoms. The maximum atomic E-state index is 13.7. The average Bonchev–Trinajstić information content (AvgIpc) is 3.55. The molecular weight excluding hydrogens is 510 g/mol. The minimum Gasteiger partial charge on any atom is -0.467 e. The fourth-order valence-electron chi connectivity index (χ4n) is 4.48. The van der Waals surface area contributed by atoms with Gasteiger partial charge in [0, 0.05) is 18.7 Å². The number of aromatic nitrogens is 1. The molecule has 1 aliphatic heterocycles. The molecule has 1 aliphatic rings. The van der Waals surface area contributed by atoms with E-state index in [2.05, 4.69) is 13.0 Å². The molecule has 3 heterocycles. The number of rotatable bonds is 7. The van der Waals surface area contributed by atoms with Crippen molar-refractivity contribution in [1.82, 2.24) is 9.29 Å². The highest BCUT2D eigenvalue weighted by molar-refractivity contribution is 7.89. The summed E-state index contributed by atoms with van der Waals surface area (Å²) in [5, 5.41) is 0.553. The number of furan rings is 1. The lowest BCUT2D eigenvalue weighted by Crippen LogP contribution is -2.48. The Morgan fingerprint density at radius 3 is 2.49 bits per heavy atom. The van der Waals surface area contributed by atoms with Crippen molar-refractivity contribution in [3.63, 3.8) is 0 Å². The van der Waals surface area contributed by atoms with Gasteiger partial charge in [0.05, 0.1) is 40.1 Å². The molecular formula is C27H29N3O5S2. The topological polar surface area (TPSA) is 93.0 Å². The van der Waals surface area contributed by atoms with Gasteiger partial charge in [-0.3, -0.25) is 9.69 Å². The molecule has 2 atom stereocenters. The van der Waals surface area contributed by atoms with Crippen LogP contribution in [0.5, 0.6) is 0 Å². The molecule has 1 amide bonds. The quantitative estimate of drug-likeness (QED) is 0.325. The number of ether oxygens (including phenoxy) is 1. The van der Waals surface area contributed by atoms with Crippen LogP contribution in [0.3, 0.4) is 0 Å². The Balaban J connectivity index is 1.44. The number of thiazole rings is 1. The first-order chi connectivity index (χ1) is 17.7. The van der Waals surface area contributed by atoms with Gasteiger partial charge in [-0.05, 0) is 74.4 Å². The number of sulfonamides is 1. The van der Waals surface area contributed by atoms with Crippen molar-refractivity contribution in [1.29, 1.82) is 0 Å². The number of anilines is 1. The molecule has 37 heavy (non-hydrogen) atoms. The monoisotopic (exact) mass is 539 g/mol. The number of carbonyl (C=O) groups is 1. The van der Waals surface area contributed by atoms with Crippen LogP contribution in [0.25, 0.3) is 10.2 Å². The van der Waals surface area contributed by atoms with Crippen molar-refractivity contribution >= 4 is 42.6 Å². The fourth-order valence-corrected chi connectivity index (χ4v) is 7.10. The number of nitrogens with zero attached hydrogens (tertiary/aromatic N) is 3. The molecule has 8 nitrogen and oxygen atoms in total. The molecule has 10 heteroatoms. The predicted octanol–water partition coefficient (Wildman–Crippen LogP) is 5.10. The first-order valence-electron chi connectivity index (χ1n) is 12.2. The molecule has 0 radical (unpaired) electrons. The summed E-state index contributed by atoms with van der Waals surface area (Å²) in [6.07, 6.45) is 2.11. The SMILES string of the molecule is CCc1ccc2nc(N(Cc3ccco3)C(=O)c3ccc(S(=O)(=O)N4CC(C)OC(C)C4)cc3)sc2c1. The van der Waals surface area contributed by atoms with Gasteiger partial charge in [0.1, 0.15) is 5.76 Å². The van der Waals surface area contributed by atoms with Crippen LogP contribution in [-0.4, -0.2) is 48.9 Å². The van der Waals surface area contributed by atoms with Crippen LogP contribution in [0.1, 0.15) is 42.5 Å². The summed E-state index contributed by atoms with van der Waals surface area (Å²) in [4.78, 5) is 20.1. The van der Waals surface area contributed by atoms with Gasteiger partial charge in [-0.2, -0.15) is 4.31 Å². The number of morpholine rings is 1. The normalized spacial score (nSPS) is 18.8. The van der Waals surface area contributed by atoms with Crippen LogP contribution in [0.15, 0.2) is 70.2 Å². The predicted molar refractivity (Wildman–Crippen MR) is 143 cm³/mol. The van der Waals surface area contributed by atoms with E-state index in [9.17, 15) is 13.2 Å². The highest BCUT2D eigenvalue weighted by atomic mass is 32.2. The third kappa shape index (κ3) is 5.33. The summed E-state index contributed by atoms with van der Waals surface area (Å²) in [5.41, 5.74) is 2.39. The summed E-state index contributed by atoms with van der Waals surface area (Å²) < 4.78 is 40.1. The van der Waals surface area contributed by atoms with Crippen molar-refractivity contribution in [2.24, 2.45) is 0 Å². The van der Waals surface area contributed by atoms with Gasteiger partial charge in [0.15, 0.2) is 5.13 Å². The first kappa shape index (κ1) is 25.6. The summed E-state index contributed by atoms with van der Waals surface area (Å²) in [5.74, 6) is 0.334. The van der Waals surface area contributed by atoms with E-state index in [4.69, 9.17) is 14.1 Å². The van der Waals surface area contributed by atoms with E-state index in [0.717, 1.165) is 16.6 Å². The second-order valence-electron chi connectivity index (χ2n) is 9.23. The van der Waals surface area contributed by atoms with Gasteiger partial charge in [-0.25, -0.2) is 13.4 Å². The van der Waals surface area contributed by atoms with Crippen LogP contribution in [0, 0.1) is 0 Å². The van der Waals surface area contributed by atoms with Gasteiger partial charge in [-0.15, -0.1) is 0 Å². The van der Waals surface area contributed by atoms with Crippen molar-refractivity contribution in [3.8, 4) is 0 Å². The molecule has 2 aromatic heterocycles. The Hall–Kier alpha value is -3.05. The lowest BCUT2D eigenvalue weighted by atomic mass is 10.2. The largest absolute Gasteiger partial charge is 0.467 e. The number of aryl methyl sites for hydroxylation is 1. The number of amides is 1. The summed E-state index contributed by atoms with van der Waals surface area (Å²) >= 11 is 1.44. The number of hydrogen-bond donors (Lipinski definition) is 0. The summed E-state index contributed by atoms with van der Waals surface area (Å²) in [6, 6.07) is 15.8. The van der Waals surface area contributed by atoms with E-state index in [1.807, 2.05) is 32.0 Å². The van der Waals surface area contributed by atoms with Crippen molar-refractivity contribution < 1.29 is 22.4 Å². The molecule has 194 valence electrons. The van der Waals surface area contributed by atoms with Crippen LogP contribution in [0.2, 0.25) is 0 Å². The van der Waals surface area contributed by atoms with Gasteiger partial charge >= 0.3 is 0 Å². The van der Waals surface area contributed by atoms with Crippen LogP contribution in [0.4, 0.5) is 5.13 Å². The van der Waals surface area contributed by atoms with E-state index in [1.165, 1.54) is 33.3 Å². The maximum Gasteiger partial charge on any atom is 0.260 e. The Labute approximate surface area is 220 Å². The third-order valence-corrected chi connectivity index (χ3v) is 9.23. The zero-order chi connectivity index (χ0) is 26.2. The highest BCUT2D eigenvalue weighted by Gasteiger charge is 2.32. The summed E-state index contributed by atoms with van der Waals surface area (Å²) in [7, 11) is -3.70. The zero-order valence-electron chi connectivity index (χ0n) is 21.0. The van der Waals surface area contributed by atoms with Crippen LogP contribution in [-0.2, 0) is 27.7 Å². The molecule has 4 aromatic rings. The fraction of sp³-hybridized carbons (Fsp3) is 0.333. The lowest BCUT2D eigenvalue weighted by Gasteiger charge is -2.34. The Kier molecular flexibility index (Phi) is 7.17. The molecule has 1 saturated heterocycles. The lowest BCUT2D eigenvalue weighted by molar-refractivity contribution is -0.0440. The molecule has 0 N–H and O–H groups in total. The minimum atomic E-state index is -3.70. The standard InChI is InChI=1S/C27H29N3O5S2/c1-4-20-7-12-24-25(14-20)36-27(28-24)30(17-22-6-5-13-34-22)26(31)21-8-10-23(11-9-21)37(32,33)29-15-18(2)35-19(3)16-29/h5-14,18-19H,4,15-17H2,1-3H3. The molecule has 5 rings (SSSR count). The third-order valence-electron chi connectivity index (χ3n) is 6.35. The van der Waals surface area contributed by atoms with Crippen LogP contribution >= 0.6 is 11.3 Å². The van der Waals surface area contributed by atoms with E-state index < -0.39 is 10.0 Å². The molecule has 0 aliphatic carbocycles. The Morgan fingerprint density at radius 1 is 1.11 bits per heavy atom. The Morgan fingerprint density at radius 2 is 1.84 bits per heavy atom. The van der Waals surface area contributed by atoms with Gasteiger partial charge in [0.2, 0.25) is 10.0 Å². The number of carbonyl (C=O) groups excluding carboxylic acids is 1. The second kappa shape index (κ2) is 10.4. The van der Waals surface area contributed by atoms with E-state index in [1.54, 1.807) is 29.4 Å². The average molecular weight is 540 g/mol. The molecule has 0 saturated carbocycles. The highest BCUT2D eigenvalue weighted by Crippen LogP contribution is 2.32. The Bertz CT molecular complexity index is 1490. The van der Waals surface area contributed by atoms with Crippen molar-refractivity contribution in [2.45, 2.75) is 50.8 Å². The molecule has 0 bridgehead atoms. The van der Waals surface area contributed by atoms with Crippen molar-refractivity contribution in [2.75, 3.05) is 18.0 Å². The molecule has 1 fully saturated rings. The van der Waals surface area contributed by atoms with Gasteiger partial charge in [0.25, 0.3) is 5.91 Å². The number of hydrogen-bond acceptors (Lipinski definition) is 7. The summed E-state index contributed by atoms with van der Waals surface area (Å²) in [6.45, 7) is 6.61. The smallest absolute Gasteiger partial charge is 0.260 e. The molecule has 2 unspecified atom stereocenters. The van der Waals surface area contributed by atoms with Gasteiger partial charge < -0.3 is 9.15 Å². The van der Waals surface area contributed by atoms with E-state index in [-0.39, 0.29) is 29.6 Å². The molecule has 2 aromatic carbocycles. The number of benzene rings is 2. The maximum absolute atomic E-state index is 13.7. The van der Waals surface area contributed by atoms with E-state index >= 15 is 0 Å². The zero-order valence-corrected chi connectivity index (χ0v) is 22.6. The van der Waals surface area contributed by atoms with Gasteiger partial charge in [-0.1, -0.05) is 24.3 Å². The minimum absolute atomic E-state index is 0.148. The van der Waals surface area contributed by atoms with Crippen LogP contribution < -0.4 is 4.90 Å². The second-order valence-corrected chi connectivity index (χ2v) is 12.2. The number of fused-ring (bicyclic) bond motifs is 1.